The number of nitrogens with one attached hydrogen (secondary N) is 1. The maximum absolute atomic E-state index is 11.9. The predicted molar refractivity (Wildman–Crippen MR) is 67.1 cm³/mol. The zero-order valence-corrected chi connectivity index (χ0v) is 9.80. The number of anilines is 1. The van der Waals surface area contributed by atoms with Gasteiger partial charge in [-0.1, -0.05) is 0 Å². The van der Waals surface area contributed by atoms with Gasteiger partial charge in [0.05, 0.1) is 11.0 Å². The number of hydrogen-bond donors (Lipinski definition) is 1. The molecule has 1 unspecified atom stereocenters. The molecule has 5 heteroatoms. The Kier molecular flexibility index (Phi) is 2.90. The van der Waals surface area contributed by atoms with Crippen molar-refractivity contribution in [3.8, 4) is 0 Å². The average molecular weight is 243 g/mol. The van der Waals surface area contributed by atoms with Gasteiger partial charge >= 0.3 is 0 Å². The van der Waals surface area contributed by atoms with E-state index in [4.69, 9.17) is 4.74 Å². The second kappa shape index (κ2) is 4.70. The van der Waals surface area contributed by atoms with E-state index >= 15 is 0 Å². The van der Waals surface area contributed by atoms with Crippen LogP contribution < -0.4 is 5.32 Å². The van der Waals surface area contributed by atoms with Gasteiger partial charge in [-0.2, -0.15) is 0 Å². The summed E-state index contributed by atoms with van der Waals surface area (Å²) < 4.78 is 5.33. The maximum Gasteiger partial charge on any atom is 0.253 e. The molecule has 0 spiro atoms. The van der Waals surface area contributed by atoms with Crippen LogP contribution in [-0.4, -0.2) is 28.6 Å². The lowest BCUT2D eigenvalue weighted by molar-refractivity contribution is -0.124. The Labute approximate surface area is 104 Å². The minimum atomic E-state index is -0.317. The van der Waals surface area contributed by atoms with Gasteiger partial charge in [0, 0.05) is 24.7 Å². The van der Waals surface area contributed by atoms with Crippen molar-refractivity contribution in [1.29, 1.82) is 0 Å². The first-order valence-electron chi connectivity index (χ1n) is 5.96. The summed E-state index contributed by atoms with van der Waals surface area (Å²) in [6.45, 7) is 0.668. The largest absolute Gasteiger partial charge is 0.368 e. The number of carbonyl (C=O) groups is 1. The van der Waals surface area contributed by atoms with Crippen LogP contribution in [0.2, 0.25) is 0 Å². The van der Waals surface area contributed by atoms with Crippen LogP contribution in [-0.2, 0) is 9.53 Å². The van der Waals surface area contributed by atoms with E-state index in [0.717, 1.165) is 29.6 Å². The molecular weight excluding hydrogens is 230 g/mol. The molecule has 18 heavy (non-hydrogen) atoms. The van der Waals surface area contributed by atoms with E-state index in [1.54, 1.807) is 12.4 Å². The third-order valence-electron chi connectivity index (χ3n) is 2.96. The van der Waals surface area contributed by atoms with Crippen molar-refractivity contribution in [3.05, 3.63) is 30.6 Å². The summed E-state index contributed by atoms with van der Waals surface area (Å²) in [7, 11) is 0. The van der Waals surface area contributed by atoms with Gasteiger partial charge in [-0.25, -0.2) is 0 Å². The molecule has 1 atom stereocenters. The van der Waals surface area contributed by atoms with E-state index in [9.17, 15) is 4.79 Å². The number of nitrogens with zero attached hydrogens (tertiary/aromatic N) is 2. The lowest BCUT2D eigenvalue weighted by Crippen LogP contribution is -2.26. The summed E-state index contributed by atoms with van der Waals surface area (Å²) in [6.07, 6.45) is 4.70. The van der Waals surface area contributed by atoms with Crippen LogP contribution in [0, 0.1) is 0 Å². The van der Waals surface area contributed by atoms with Crippen LogP contribution in [0.15, 0.2) is 30.6 Å². The summed E-state index contributed by atoms with van der Waals surface area (Å²) in [5.74, 6) is -0.0873. The van der Waals surface area contributed by atoms with Crippen molar-refractivity contribution >= 4 is 22.6 Å². The third kappa shape index (κ3) is 2.17. The monoisotopic (exact) mass is 243 g/mol. The minimum Gasteiger partial charge on any atom is -0.368 e. The molecule has 1 aliphatic rings. The smallest absolute Gasteiger partial charge is 0.253 e. The molecule has 2 heterocycles. The van der Waals surface area contributed by atoms with Gasteiger partial charge in [-0.15, -0.1) is 0 Å². The van der Waals surface area contributed by atoms with Crippen LogP contribution >= 0.6 is 0 Å². The molecule has 1 amide bonds. The summed E-state index contributed by atoms with van der Waals surface area (Å²) in [6, 6.07) is 5.48. The van der Waals surface area contributed by atoms with Gasteiger partial charge in [0.2, 0.25) is 0 Å². The van der Waals surface area contributed by atoms with Crippen molar-refractivity contribution in [2.45, 2.75) is 18.9 Å². The number of hydrogen-bond acceptors (Lipinski definition) is 4. The van der Waals surface area contributed by atoms with Crippen LogP contribution in [0.4, 0.5) is 5.69 Å². The third-order valence-corrected chi connectivity index (χ3v) is 2.96. The Balaban J connectivity index is 1.79. The molecule has 92 valence electrons. The molecule has 5 nitrogen and oxygen atoms in total. The van der Waals surface area contributed by atoms with E-state index < -0.39 is 0 Å². The van der Waals surface area contributed by atoms with E-state index in [2.05, 4.69) is 15.3 Å². The normalized spacial score (nSPS) is 19.0. The first kappa shape index (κ1) is 11.1. The first-order valence-corrected chi connectivity index (χ1v) is 5.96. The number of benzene rings is 1. The highest BCUT2D eigenvalue weighted by molar-refractivity contribution is 5.95. The van der Waals surface area contributed by atoms with Crippen LogP contribution in [0.1, 0.15) is 12.8 Å². The van der Waals surface area contributed by atoms with Gasteiger partial charge in [-0.05, 0) is 31.0 Å². The zero-order chi connectivity index (χ0) is 12.4. The molecule has 2 aromatic rings. The first-order chi connectivity index (χ1) is 8.83. The second-order valence-corrected chi connectivity index (χ2v) is 4.25. The maximum atomic E-state index is 11.9. The molecule has 1 aromatic carbocycles. The quantitative estimate of drug-likeness (QED) is 0.872. The van der Waals surface area contributed by atoms with Gasteiger partial charge < -0.3 is 10.1 Å². The van der Waals surface area contributed by atoms with Gasteiger partial charge in [0.1, 0.15) is 6.10 Å². The number of aromatic nitrogens is 2. The van der Waals surface area contributed by atoms with Crippen LogP contribution in [0.3, 0.4) is 0 Å². The van der Waals surface area contributed by atoms with Crippen molar-refractivity contribution in [1.82, 2.24) is 9.97 Å². The molecule has 0 bridgehead atoms. The Morgan fingerprint density at radius 1 is 1.28 bits per heavy atom. The lowest BCUT2D eigenvalue weighted by Gasteiger charge is -2.10. The molecule has 0 radical (unpaired) electrons. The highest BCUT2D eigenvalue weighted by atomic mass is 16.5. The Bertz CT molecular complexity index is 579. The van der Waals surface area contributed by atoms with Gasteiger partial charge in [0.15, 0.2) is 0 Å². The number of carbonyl (C=O) groups excluding carboxylic acids is 1. The molecule has 1 fully saturated rings. The van der Waals surface area contributed by atoms with Crippen LogP contribution in [0.25, 0.3) is 11.0 Å². The Morgan fingerprint density at radius 2 is 2.11 bits per heavy atom. The molecule has 0 saturated carbocycles. The van der Waals surface area contributed by atoms with Crippen LogP contribution in [0.5, 0.6) is 0 Å². The summed E-state index contributed by atoms with van der Waals surface area (Å²) in [5.41, 5.74) is 2.30. The fourth-order valence-electron chi connectivity index (χ4n) is 2.05. The fourth-order valence-corrected chi connectivity index (χ4v) is 2.05. The number of rotatable bonds is 2. The minimum absolute atomic E-state index is 0.0873. The number of ether oxygens (including phenoxy) is 1. The number of fused-ring (bicyclic) bond motifs is 1. The highest BCUT2D eigenvalue weighted by Gasteiger charge is 2.23. The van der Waals surface area contributed by atoms with E-state index in [1.165, 1.54) is 0 Å². The van der Waals surface area contributed by atoms with E-state index in [-0.39, 0.29) is 12.0 Å². The summed E-state index contributed by atoms with van der Waals surface area (Å²) in [4.78, 5) is 20.3. The average Bonchev–Trinajstić information content (AvgIpc) is 2.92. The molecule has 3 rings (SSSR count). The highest BCUT2D eigenvalue weighted by Crippen LogP contribution is 2.18. The topological polar surface area (TPSA) is 64.1 Å². The van der Waals surface area contributed by atoms with Crippen molar-refractivity contribution in [2.75, 3.05) is 11.9 Å². The van der Waals surface area contributed by atoms with Crippen molar-refractivity contribution in [2.24, 2.45) is 0 Å². The molecular formula is C13H13N3O2. The second-order valence-electron chi connectivity index (χ2n) is 4.25. The zero-order valence-electron chi connectivity index (χ0n) is 9.80. The summed E-state index contributed by atoms with van der Waals surface area (Å²) >= 11 is 0. The standard InChI is InChI=1S/C13H13N3O2/c17-13(12-2-1-7-18-12)16-9-3-4-10-11(8-9)15-6-5-14-10/h3-6,8,12H,1-2,7H2,(H,16,17). The number of amides is 1. The molecule has 1 aromatic heterocycles. The summed E-state index contributed by atoms with van der Waals surface area (Å²) in [5, 5.41) is 2.84. The van der Waals surface area contributed by atoms with E-state index in [1.807, 2.05) is 18.2 Å². The Hall–Kier alpha value is -2.01. The van der Waals surface area contributed by atoms with Crippen molar-refractivity contribution < 1.29 is 9.53 Å². The fraction of sp³-hybridized carbons (Fsp3) is 0.308. The predicted octanol–water partition coefficient (Wildman–Crippen LogP) is 1.75. The lowest BCUT2D eigenvalue weighted by atomic mass is 10.2. The molecule has 0 aliphatic carbocycles. The molecule has 1 aliphatic heterocycles. The van der Waals surface area contributed by atoms with Crippen molar-refractivity contribution in [3.63, 3.8) is 0 Å². The SMILES string of the molecule is O=C(Nc1ccc2nccnc2c1)C1CCCO1. The molecule has 1 N–H and O–H groups in total. The van der Waals surface area contributed by atoms with E-state index in [0.29, 0.717) is 6.61 Å². The van der Waals surface area contributed by atoms with Gasteiger partial charge in [0.25, 0.3) is 5.91 Å². The Morgan fingerprint density at radius 3 is 2.89 bits per heavy atom. The van der Waals surface area contributed by atoms with Gasteiger partial charge in [-0.3, -0.25) is 14.8 Å². The molecule has 1 saturated heterocycles.